The number of nitrogens with one attached hydrogen (secondary N) is 1. The fourth-order valence-electron chi connectivity index (χ4n) is 3.79. The molecule has 0 aliphatic carbocycles. The van der Waals surface area contributed by atoms with Crippen molar-refractivity contribution in [3.05, 3.63) is 60.5 Å². The molecule has 0 unspecified atom stereocenters. The van der Waals surface area contributed by atoms with Gasteiger partial charge in [-0.15, -0.1) is 0 Å². The Morgan fingerprint density at radius 3 is 2.48 bits per heavy atom. The van der Waals surface area contributed by atoms with E-state index in [4.69, 9.17) is 4.52 Å². The number of hydrogen-bond donors (Lipinski definition) is 1. The molecule has 0 spiro atoms. The summed E-state index contributed by atoms with van der Waals surface area (Å²) in [4.78, 5) is 31.6. The molecule has 1 saturated heterocycles. The summed E-state index contributed by atoms with van der Waals surface area (Å²) in [6, 6.07) is 14.3. The molecular weight excluding hydrogens is 444 g/mol. The lowest BCUT2D eigenvalue weighted by atomic mass is 10.0. The second-order valence-electron chi connectivity index (χ2n) is 8.07. The normalized spacial score (nSPS) is 15.7. The van der Waals surface area contributed by atoms with Gasteiger partial charge in [-0.1, -0.05) is 17.3 Å². The molecule has 1 aliphatic heterocycles. The molecule has 1 fully saturated rings. The molecule has 33 heavy (non-hydrogen) atoms. The highest BCUT2D eigenvalue weighted by Gasteiger charge is 2.32. The number of sulfone groups is 1. The monoisotopic (exact) mass is 468 g/mol. The number of carbonyl (C=O) groups is 2. The third kappa shape index (κ3) is 5.64. The summed E-state index contributed by atoms with van der Waals surface area (Å²) >= 11 is 0. The van der Waals surface area contributed by atoms with Gasteiger partial charge in [-0.05, 0) is 61.7 Å². The van der Waals surface area contributed by atoms with Crippen molar-refractivity contribution in [2.24, 2.45) is 5.92 Å². The quantitative estimate of drug-likeness (QED) is 0.590. The summed E-state index contributed by atoms with van der Waals surface area (Å²) in [7, 11) is -3.09. The van der Waals surface area contributed by atoms with E-state index in [0.717, 1.165) is 11.1 Å². The minimum atomic E-state index is -3.09. The molecule has 4 rings (SSSR count). The molecule has 1 N–H and O–H groups in total. The van der Waals surface area contributed by atoms with Crippen LogP contribution in [-0.4, -0.2) is 48.4 Å². The van der Waals surface area contributed by atoms with Crippen molar-refractivity contribution in [2.75, 3.05) is 28.3 Å². The van der Waals surface area contributed by atoms with Crippen molar-refractivity contribution >= 4 is 33.0 Å². The van der Waals surface area contributed by atoms with Gasteiger partial charge in [0.1, 0.15) is 16.4 Å². The Balaban J connectivity index is 1.48. The minimum absolute atomic E-state index is 0.00993. The van der Waals surface area contributed by atoms with Crippen LogP contribution >= 0.6 is 0 Å². The number of hydrogen-bond acceptors (Lipinski definition) is 7. The molecule has 9 nitrogen and oxygen atoms in total. The Kier molecular flexibility index (Phi) is 6.55. The Morgan fingerprint density at radius 1 is 1.12 bits per heavy atom. The molecule has 0 saturated carbocycles. The van der Waals surface area contributed by atoms with Crippen molar-refractivity contribution in [1.29, 1.82) is 0 Å². The van der Waals surface area contributed by atoms with Gasteiger partial charge in [0.05, 0.1) is 11.5 Å². The fourth-order valence-corrected chi connectivity index (χ4v) is 5.29. The number of aromatic nitrogens is 2. The van der Waals surface area contributed by atoms with Crippen molar-refractivity contribution in [3.63, 3.8) is 0 Å². The highest BCUT2D eigenvalue weighted by atomic mass is 32.2. The first-order valence-electron chi connectivity index (χ1n) is 10.6. The summed E-state index contributed by atoms with van der Waals surface area (Å²) < 4.78 is 28.3. The van der Waals surface area contributed by atoms with Gasteiger partial charge in [0.2, 0.25) is 24.0 Å². The number of carbonyl (C=O) groups excluding carboxylic acids is 2. The SMILES string of the molecule is Cc1cccc(N(CC(=O)Nc2ccc(-c3ncon3)cc2)C(=O)C2CCS(=O)(=O)CC2)c1. The average Bonchev–Trinajstić information content (AvgIpc) is 3.32. The Bertz CT molecular complexity index is 1230. The smallest absolute Gasteiger partial charge is 0.244 e. The van der Waals surface area contributed by atoms with Gasteiger partial charge in [0.15, 0.2) is 0 Å². The summed E-state index contributed by atoms with van der Waals surface area (Å²) in [6.45, 7) is 1.73. The second kappa shape index (κ2) is 9.53. The summed E-state index contributed by atoms with van der Waals surface area (Å²) in [5.41, 5.74) is 2.86. The van der Waals surface area contributed by atoms with E-state index < -0.39 is 15.8 Å². The lowest BCUT2D eigenvalue weighted by molar-refractivity contribution is -0.124. The summed E-state index contributed by atoms with van der Waals surface area (Å²) in [5, 5.41) is 6.58. The van der Waals surface area contributed by atoms with Crippen LogP contribution in [0, 0.1) is 12.8 Å². The maximum atomic E-state index is 13.3. The van der Waals surface area contributed by atoms with Crippen LogP contribution in [0.25, 0.3) is 11.4 Å². The molecule has 0 radical (unpaired) electrons. The highest BCUT2D eigenvalue weighted by Crippen LogP contribution is 2.25. The van der Waals surface area contributed by atoms with Crippen LogP contribution in [0.2, 0.25) is 0 Å². The first-order chi connectivity index (χ1) is 15.8. The van der Waals surface area contributed by atoms with E-state index in [-0.39, 0.29) is 42.7 Å². The molecule has 2 amide bonds. The molecular formula is C23H24N4O5S. The molecule has 0 bridgehead atoms. The number of aryl methyl sites for hydroxylation is 1. The van der Waals surface area contributed by atoms with Crippen molar-refractivity contribution in [3.8, 4) is 11.4 Å². The van der Waals surface area contributed by atoms with Crippen LogP contribution in [-0.2, 0) is 19.4 Å². The van der Waals surface area contributed by atoms with Gasteiger partial charge in [-0.25, -0.2) is 8.42 Å². The van der Waals surface area contributed by atoms with Crippen LogP contribution in [0.3, 0.4) is 0 Å². The first-order valence-corrected chi connectivity index (χ1v) is 12.4. The topological polar surface area (TPSA) is 122 Å². The van der Waals surface area contributed by atoms with Crippen LogP contribution in [0.15, 0.2) is 59.4 Å². The predicted molar refractivity (Wildman–Crippen MR) is 123 cm³/mol. The highest BCUT2D eigenvalue weighted by molar-refractivity contribution is 7.91. The van der Waals surface area contributed by atoms with Gasteiger partial charge in [-0.3, -0.25) is 9.59 Å². The first kappa shape index (κ1) is 22.7. The molecule has 2 aromatic carbocycles. The van der Waals surface area contributed by atoms with E-state index in [9.17, 15) is 18.0 Å². The van der Waals surface area contributed by atoms with E-state index in [2.05, 4.69) is 15.5 Å². The largest absolute Gasteiger partial charge is 0.342 e. The zero-order valence-electron chi connectivity index (χ0n) is 18.1. The van der Waals surface area contributed by atoms with Gasteiger partial charge >= 0.3 is 0 Å². The van der Waals surface area contributed by atoms with E-state index in [0.29, 0.717) is 17.2 Å². The zero-order chi connectivity index (χ0) is 23.4. The fraction of sp³-hybridized carbons (Fsp3) is 0.304. The maximum absolute atomic E-state index is 13.3. The van der Waals surface area contributed by atoms with Crippen LogP contribution in [0.4, 0.5) is 11.4 Å². The van der Waals surface area contributed by atoms with Crippen LogP contribution in [0.1, 0.15) is 18.4 Å². The Hall–Kier alpha value is -3.53. The van der Waals surface area contributed by atoms with Crippen molar-refractivity contribution < 1.29 is 22.5 Å². The van der Waals surface area contributed by atoms with Gasteiger partial charge < -0.3 is 14.7 Å². The molecule has 1 aromatic heterocycles. The van der Waals surface area contributed by atoms with Gasteiger partial charge in [0.25, 0.3) is 0 Å². The summed E-state index contributed by atoms with van der Waals surface area (Å²) in [6.07, 6.45) is 1.77. The average molecular weight is 469 g/mol. The molecule has 0 atom stereocenters. The standard InChI is InChI=1S/C23H24N4O5S/c1-16-3-2-4-20(13-16)27(23(29)18-9-11-33(30,31)12-10-18)14-21(28)25-19-7-5-17(6-8-19)22-24-15-32-26-22/h2-8,13,15,18H,9-12,14H2,1H3,(H,25,28). The van der Waals surface area contributed by atoms with E-state index >= 15 is 0 Å². The Morgan fingerprint density at radius 2 is 1.85 bits per heavy atom. The predicted octanol–water partition coefficient (Wildman–Crippen LogP) is 2.84. The van der Waals surface area contributed by atoms with Crippen molar-refractivity contribution in [2.45, 2.75) is 19.8 Å². The Labute approximate surface area is 191 Å². The second-order valence-corrected chi connectivity index (χ2v) is 10.4. The third-order valence-electron chi connectivity index (χ3n) is 5.57. The molecule has 10 heteroatoms. The maximum Gasteiger partial charge on any atom is 0.244 e. The van der Waals surface area contributed by atoms with Gasteiger partial charge in [0, 0.05) is 22.9 Å². The lowest BCUT2D eigenvalue weighted by Crippen LogP contribution is -2.43. The molecule has 2 heterocycles. The number of rotatable bonds is 6. The lowest BCUT2D eigenvalue weighted by Gasteiger charge is -2.29. The zero-order valence-corrected chi connectivity index (χ0v) is 18.9. The van der Waals surface area contributed by atoms with Gasteiger partial charge in [-0.2, -0.15) is 4.98 Å². The van der Waals surface area contributed by atoms with E-state index in [1.807, 2.05) is 25.1 Å². The molecule has 172 valence electrons. The summed E-state index contributed by atoms with van der Waals surface area (Å²) in [5.74, 6) is -0.609. The molecule has 3 aromatic rings. The number of anilines is 2. The number of amides is 2. The van der Waals surface area contributed by atoms with E-state index in [1.165, 1.54) is 11.3 Å². The minimum Gasteiger partial charge on any atom is -0.342 e. The number of nitrogens with zero attached hydrogens (tertiary/aromatic N) is 3. The number of benzene rings is 2. The van der Waals surface area contributed by atoms with E-state index in [1.54, 1.807) is 30.3 Å². The van der Waals surface area contributed by atoms with Crippen LogP contribution in [0.5, 0.6) is 0 Å². The van der Waals surface area contributed by atoms with Crippen LogP contribution < -0.4 is 10.2 Å². The molecule has 1 aliphatic rings. The third-order valence-corrected chi connectivity index (χ3v) is 7.29. The van der Waals surface area contributed by atoms with Crippen molar-refractivity contribution in [1.82, 2.24) is 10.1 Å².